The van der Waals surface area contributed by atoms with Crippen LogP contribution in [0.4, 0.5) is 0 Å². The van der Waals surface area contributed by atoms with Gasteiger partial charge in [-0.25, -0.2) is 4.79 Å². The summed E-state index contributed by atoms with van der Waals surface area (Å²) in [6, 6.07) is 0. The van der Waals surface area contributed by atoms with Gasteiger partial charge in [0.25, 0.3) is 0 Å². The van der Waals surface area contributed by atoms with Gasteiger partial charge < -0.3 is 10.4 Å². The van der Waals surface area contributed by atoms with E-state index in [2.05, 4.69) is 11.9 Å². The van der Waals surface area contributed by atoms with Crippen LogP contribution in [0.1, 0.15) is 20.3 Å². The Kier molecular flexibility index (Phi) is 4.51. The SMILES string of the molecule is C=C(C)C(=O)NC=C(CC)C(=O)O. The summed E-state index contributed by atoms with van der Waals surface area (Å²) in [5, 5.41) is 10.9. The van der Waals surface area contributed by atoms with Gasteiger partial charge in [0.2, 0.25) is 5.91 Å². The first-order valence-electron chi connectivity index (χ1n) is 3.87. The molecule has 4 nitrogen and oxygen atoms in total. The third-order valence-electron chi connectivity index (χ3n) is 1.42. The smallest absolute Gasteiger partial charge is 0.333 e. The molecule has 0 aliphatic rings. The summed E-state index contributed by atoms with van der Waals surface area (Å²) in [6.07, 6.45) is 1.56. The minimum absolute atomic E-state index is 0.162. The first-order valence-corrected chi connectivity index (χ1v) is 3.87. The van der Waals surface area contributed by atoms with Gasteiger partial charge in [-0.2, -0.15) is 0 Å². The van der Waals surface area contributed by atoms with Crippen molar-refractivity contribution in [1.82, 2.24) is 5.32 Å². The average Bonchev–Trinajstić information content (AvgIpc) is 2.04. The molecule has 0 saturated carbocycles. The Labute approximate surface area is 76.9 Å². The van der Waals surface area contributed by atoms with Crippen LogP contribution in [0.25, 0.3) is 0 Å². The van der Waals surface area contributed by atoms with Crippen LogP contribution in [0.15, 0.2) is 23.9 Å². The van der Waals surface area contributed by atoms with Crippen LogP contribution in [-0.2, 0) is 9.59 Å². The monoisotopic (exact) mass is 183 g/mol. The zero-order valence-electron chi connectivity index (χ0n) is 7.76. The van der Waals surface area contributed by atoms with Crippen molar-refractivity contribution in [1.29, 1.82) is 0 Å². The Hall–Kier alpha value is -1.58. The molecule has 0 fully saturated rings. The van der Waals surface area contributed by atoms with E-state index < -0.39 is 5.97 Å². The van der Waals surface area contributed by atoms with Crippen LogP contribution in [0, 0.1) is 0 Å². The van der Waals surface area contributed by atoms with E-state index in [9.17, 15) is 9.59 Å². The molecule has 13 heavy (non-hydrogen) atoms. The van der Waals surface area contributed by atoms with Crippen molar-refractivity contribution in [3.63, 3.8) is 0 Å². The van der Waals surface area contributed by atoms with E-state index in [1.807, 2.05) is 0 Å². The molecule has 0 bridgehead atoms. The summed E-state index contributed by atoms with van der Waals surface area (Å²) in [5.41, 5.74) is 0.506. The zero-order valence-corrected chi connectivity index (χ0v) is 7.76. The van der Waals surface area contributed by atoms with E-state index in [4.69, 9.17) is 5.11 Å². The quantitative estimate of drug-likeness (QED) is 0.640. The highest BCUT2D eigenvalue weighted by molar-refractivity contribution is 5.94. The van der Waals surface area contributed by atoms with Gasteiger partial charge in [0.05, 0.1) is 5.57 Å². The summed E-state index contributed by atoms with van der Waals surface area (Å²) in [7, 11) is 0. The molecule has 0 heterocycles. The largest absolute Gasteiger partial charge is 0.478 e. The van der Waals surface area contributed by atoms with Gasteiger partial charge in [-0.1, -0.05) is 13.5 Å². The van der Waals surface area contributed by atoms with Gasteiger partial charge in [0, 0.05) is 11.8 Å². The molecular weight excluding hydrogens is 170 g/mol. The van der Waals surface area contributed by atoms with Gasteiger partial charge >= 0.3 is 5.97 Å². The molecule has 0 spiro atoms. The van der Waals surface area contributed by atoms with E-state index in [1.165, 1.54) is 6.20 Å². The predicted octanol–water partition coefficient (Wildman–Crippen LogP) is 1.06. The standard InChI is InChI=1S/C9H13NO3/c1-4-7(9(12)13)5-10-8(11)6(2)3/h5H,2,4H2,1,3H3,(H,10,11)(H,12,13). The Morgan fingerprint density at radius 2 is 2.08 bits per heavy atom. The van der Waals surface area contributed by atoms with E-state index in [-0.39, 0.29) is 11.5 Å². The lowest BCUT2D eigenvalue weighted by Gasteiger charge is -2.00. The first-order chi connectivity index (χ1) is 5.99. The molecule has 0 rings (SSSR count). The molecule has 0 aromatic carbocycles. The normalized spacial score (nSPS) is 10.8. The summed E-state index contributed by atoms with van der Waals surface area (Å²) in [6.45, 7) is 6.67. The zero-order chi connectivity index (χ0) is 10.4. The van der Waals surface area contributed by atoms with Crippen molar-refractivity contribution in [2.75, 3.05) is 0 Å². The second-order valence-electron chi connectivity index (χ2n) is 2.58. The number of hydrogen-bond acceptors (Lipinski definition) is 2. The van der Waals surface area contributed by atoms with Gasteiger partial charge in [-0.3, -0.25) is 4.79 Å². The number of carbonyl (C=O) groups excluding carboxylic acids is 1. The molecule has 0 atom stereocenters. The Balaban J connectivity index is 4.31. The fourth-order valence-electron chi connectivity index (χ4n) is 0.591. The molecule has 0 aromatic rings. The van der Waals surface area contributed by atoms with Crippen molar-refractivity contribution in [2.45, 2.75) is 20.3 Å². The van der Waals surface area contributed by atoms with Crippen molar-refractivity contribution in [3.05, 3.63) is 23.9 Å². The topological polar surface area (TPSA) is 66.4 Å². The van der Waals surface area contributed by atoms with E-state index in [0.717, 1.165) is 0 Å². The Morgan fingerprint density at radius 1 is 1.54 bits per heavy atom. The number of carbonyl (C=O) groups is 2. The van der Waals surface area contributed by atoms with Crippen LogP contribution >= 0.6 is 0 Å². The van der Waals surface area contributed by atoms with Gasteiger partial charge in [-0.15, -0.1) is 0 Å². The summed E-state index contributed by atoms with van der Waals surface area (Å²) < 4.78 is 0. The average molecular weight is 183 g/mol. The van der Waals surface area contributed by atoms with E-state index >= 15 is 0 Å². The van der Waals surface area contributed by atoms with Crippen LogP contribution in [0.3, 0.4) is 0 Å². The maximum absolute atomic E-state index is 10.9. The number of amides is 1. The highest BCUT2D eigenvalue weighted by atomic mass is 16.4. The number of rotatable bonds is 4. The second kappa shape index (κ2) is 5.13. The molecule has 2 N–H and O–H groups in total. The summed E-state index contributed by atoms with van der Waals surface area (Å²) in [5.74, 6) is -1.39. The number of carboxylic acid groups (broad SMARTS) is 1. The fraction of sp³-hybridized carbons (Fsp3) is 0.333. The Bertz CT molecular complexity index is 266. The number of aliphatic carboxylic acids is 1. The van der Waals surface area contributed by atoms with Crippen molar-refractivity contribution in [2.24, 2.45) is 0 Å². The molecular formula is C9H13NO3. The highest BCUT2D eigenvalue weighted by Crippen LogP contribution is 1.98. The third-order valence-corrected chi connectivity index (χ3v) is 1.42. The lowest BCUT2D eigenvalue weighted by molar-refractivity contribution is -0.132. The summed E-state index contributed by atoms with van der Waals surface area (Å²) in [4.78, 5) is 21.4. The van der Waals surface area contributed by atoms with Crippen molar-refractivity contribution in [3.8, 4) is 0 Å². The maximum atomic E-state index is 10.9. The fourth-order valence-corrected chi connectivity index (χ4v) is 0.591. The minimum atomic E-state index is -1.02. The number of carboxylic acids is 1. The lowest BCUT2D eigenvalue weighted by atomic mass is 10.2. The van der Waals surface area contributed by atoms with Gasteiger partial charge in [-0.05, 0) is 13.3 Å². The molecule has 0 aromatic heterocycles. The molecule has 4 heteroatoms. The molecule has 0 aliphatic heterocycles. The molecule has 1 amide bonds. The number of nitrogens with one attached hydrogen (secondary N) is 1. The molecule has 0 unspecified atom stereocenters. The molecule has 0 aliphatic carbocycles. The highest BCUT2D eigenvalue weighted by Gasteiger charge is 2.05. The van der Waals surface area contributed by atoms with Crippen LogP contribution in [0.5, 0.6) is 0 Å². The van der Waals surface area contributed by atoms with Crippen molar-refractivity contribution < 1.29 is 14.7 Å². The first kappa shape index (κ1) is 11.4. The van der Waals surface area contributed by atoms with E-state index in [1.54, 1.807) is 13.8 Å². The molecule has 72 valence electrons. The summed E-state index contributed by atoms with van der Waals surface area (Å²) >= 11 is 0. The van der Waals surface area contributed by atoms with Gasteiger partial charge in [0.15, 0.2) is 0 Å². The lowest BCUT2D eigenvalue weighted by Crippen LogP contribution is -2.19. The number of hydrogen-bond donors (Lipinski definition) is 2. The predicted molar refractivity (Wildman–Crippen MR) is 49.0 cm³/mol. The van der Waals surface area contributed by atoms with E-state index in [0.29, 0.717) is 12.0 Å². The van der Waals surface area contributed by atoms with Crippen molar-refractivity contribution >= 4 is 11.9 Å². The molecule has 0 saturated heterocycles. The van der Waals surface area contributed by atoms with Crippen LogP contribution < -0.4 is 5.32 Å². The van der Waals surface area contributed by atoms with Crippen LogP contribution in [-0.4, -0.2) is 17.0 Å². The second-order valence-corrected chi connectivity index (χ2v) is 2.58. The van der Waals surface area contributed by atoms with Crippen LogP contribution in [0.2, 0.25) is 0 Å². The maximum Gasteiger partial charge on any atom is 0.333 e. The van der Waals surface area contributed by atoms with Gasteiger partial charge in [0.1, 0.15) is 0 Å². The minimum Gasteiger partial charge on any atom is -0.478 e. The molecule has 0 radical (unpaired) electrons. The third kappa shape index (κ3) is 4.10. The Morgan fingerprint density at radius 3 is 2.38 bits per heavy atom.